The van der Waals surface area contributed by atoms with Crippen molar-refractivity contribution >= 4 is 69.2 Å². The highest BCUT2D eigenvalue weighted by Gasteiger charge is 2.31. The van der Waals surface area contributed by atoms with Gasteiger partial charge in [-0.3, -0.25) is 14.5 Å². The van der Waals surface area contributed by atoms with E-state index in [0.717, 1.165) is 17.7 Å². The van der Waals surface area contributed by atoms with E-state index in [2.05, 4.69) is 5.32 Å². The monoisotopic (exact) mass is 460 g/mol. The van der Waals surface area contributed by atoms with Gasteiger partial charge in [-0.25, -0.2) is 4.79 Å². The molecule has 1 aromatic carbocycles. The number of nitrogens with one attached hydrogen (secondary N) is 1. The summed E-state index contributed by atoms with van der Waals surface area (Å²) in [6.07, 6.45) is 4.49. The topological polar surface area (TPSA) is 86.7 Å². The van der Waals surface area contributed by atoms with Gasteiger partial charge >= 0.3 is 5.97 Å². The molecule has 0 spiro atoms. The summed E-state index contributed by atoms with van der Waals surface area (Å²) in [5, 5.41) is 13.6. The number of amides is 2. The number of carboxylic acid groups (broad SMARTS) is 1. The van der Waals surface area contributed by atoms with Gasteiger partial charge < -0.3 is 10.4 Å². The number of nitrogens with zero attached hydrogens (tertiary/aromatic N) is 1. The number of carboxylic acids is 1. The number of hydrogen-bond acceptors (Lipinski definition) is 6. The molecule has 3 rings (SSSR count). The zero-order chi connectivity index (χ0) is 21.5. The van der Waals surface area contributed by atoms with Crippen LogP contribution in [0.25, 0.3) is 6.08 Å². The predicted molar refractivity (Wildman–Crippen MR) is 125 cm³/mol. The van der Waals surface area contributed by atoms with Crippen LogP contribution in [0.3, 0.4) is 0 Å². The Labute approximate surface area is 188 Å². The van der Waals surface area contributed by atoms with Crippen LogP contribution >= 0.6 is 35.3 Å². The number of thioether (sulfide) groups is 1. The van der Waals surface area contributed by atoms with Crippen LogP contribution in [0, 0.1) is 0 Å². The molecule has 1 saturated heterocycles. The summed E-state index contributed by atoms with van der Waals surface area (Å²) in [4.78, 5) is 38.7. The Morgan fingerprint density at radius 3 is 2.57 bits per heavy atom. The van der Waals surface area contributed by atoms with E-state index < -0.39 is 5.97 Å². The lowest BCUT2D eigenvalue weighted by molar-refractivity contribution is -0.122. The lowest BCUT2D eigenvalue weighted by Crippen LogP contribution is -2.29. The largest absolute Gasteiger partial charge is 0.478 e. The summed E-state index contributed by atoms with van der Waals surface area (Å²) in [5.41, 5.74) is 0.744. The standard InChI is InChI=1S/C21H20N2O4S3/c24-18(22-15-9-7-14(8-10-15)20(26)27)6-2-1-3-11-23-19(25)17(30-21(23)28)13-16-5-4-12-29-16/h4-5,7-10,12-13H,1-3,6,11H2,(H,22,24)(H,26,27)/b17-13-. The molecule has 2 aromatic rings. The molecular formula is C21H20N2O4S3. The number of carbonyl (C=O) groups excluding carboxylic acids is 2. The van der Waals surface area contributed by atoms with Crippen LogP contribution in [0.5, 0.6) is 0 Å². The molecule has 2 N–H and O–H groups in total. The number of unbranched alkanes of at least 4 members (excludes halogenated alkanes) is 2. The third-order valence-corrected chi connectivity index (χ3v) is 6.59. The SMILES string of the molecule is O=C(CCCCCN1C(=O)/C(=C/c2cccs2)SC1=S)Nc1ccc(C(=O)O)cc1. The average Bonchev–Trinajstić information content (AvgIpc) is 3.31. The molecule has 30 heavy (non-hydrogen) atoms. The smallest absolute Gasteiger partial charge is 0.335 e. The van der Waals surface area contributed by atoms with Crippen LogP contribution < -0.4 is 5.32 Å². The van der Waals surface area contributed by atoms with Crippen molar-refractivity contribution in [3.05, 3.63) is 57.1 Å². The van der Waals surface area contributed by atoms with Crippen LogP contribution in [-0.2, 0) is 9.59 Å². The van der Waals surface area contributed by atoms with Gasteiger partial charge in [0.05, 0.1) is 10.5 Å². The summed E-state index contributed by atoms with van der Waals surface area (Å²) >= 11 is 8.24. The highest BCUT2D eigenvalue weighted by Crippen LogP contribution is 2.33. The Bertz CT molecular complexity index is 969. The molecule has 0 bridgehead atoms. The van der Waals surface area contributed by atoms with Gasteiger partial charge in [0.1, 0.15) is 4.32 Å². The molecule has 1 fully saturated rings. The molecule has 9 heteroatoms. The van der Waals surface area contributed by atoms with Crippen LogP contribution in [0.15, 0.2) is 46.7 Å². The zero-order valence-corrected chi connectivity index (χ0v) is 18.4. The number of thiophene rings is 1. The summed E-state index contributed by atoms with van der Waals surface area (Å²) in [6.45, 7) is 0.546. The number of benzene rings is 1. The molecule has 0 unspecified atom stereocenters. The first-order valence-corrected chi connectivity index (χ1v) is 11.5. The molecule has 1 aliphatic rings. The van der Waals surface area contributed by atoms with Crippen LogP contribution in [-0.4, -0.2) is 38.7 Å². The van der Waals surface area contributed by atoms with Crippen LogP contribution in [0.2, 0.25) is 0 Å². The van der Waals surface area contributed by atoms with Crippen molar-refractivity contribution in [2.75, 3.05) is 11.9 Å². The number of anilines is 1. The fourth-order valence-electron chi connectivity index (χ4n) is 2.85. The minimum atomic E-state index is -1.00. The maximum absolute atomic E-state index is 12.5. The van der Waals surface area contributed by atoms with E-state index in [0.29, 0.717) is 34.3 Å². The second-order valence-corrected chi connectivity index (χ2v) is 9.25. The molecule has 0 saturated carbocycles. The molecule has 156 valence electrons. The Kier molecular flexibility index (Phi) is 7.78. The molecule has 0 radical (unpaired) electrons. The molecule has 1 aromatic heterocycles. The van der Waals surface area contributed by atoms with Crippen molar-refractivity contribution in [3.63, 3.8) is 0 Å². The highest BCUT2D eigenvalue weighted by molar-refractivity contribution is 8.26. The van der Waals surface area contributed by atoms with Gasteiger partial charge in [-0.1, -0.05) is 36.5 Å². The first-order valence-electron chi connectivity index (χ1n) is 9.36. The summed E-state index contributed by atoms with van der Waals surface area (Å²) in [7, 11) is 0. The molecular weight excluding hydrogens is 440 g/mol. The third kappa shape index (κ3) is 6.01. The molecule has 0 aliphatic carbocycles. The van der Waals surface area contributed by atoms with Crippen molar-refractivity contribution in [3.8, 4) is 0 Å². The number of rotatable bonds is 9. The van der Waals surface area contributed by atoms with E-state index in [1.165, 1.54) is 23.9 Å². The van der Waals surface area contributed by atoms with Crippen molar-refractivity contribution in [1.29, 1.82) is 0 Å². The third-order valence-electron chi connectivity index (χ3n) is 4.39. The molecule has 6 nitrogen and oxygen atoms in total. The average molecular weight is 461 g/mol. The van der Waals surface area contributed by atoms with Crippen LogP contribution in [0.4, 0.5) is 5.69 Å². The van der Waals surface area contributed by atoms with E-state index in [-0.39, 0.29) is 17.4 Å². The number of aromatic carboxylic acids is 1. The maximum atomic E-state index is 12.5. The van der Waals surface area contributed by atoms with Crippen molar-refractivity contribution in [1.82, 2.24) is 4.90 Å². The quantitative estimate of drug-likeness (QED) is 0.316. The Morgan fingerprint density at radius 2 is 1.90 bits per heavy atom. The normalized spacial score (nSPS) is 15.1. The minimum absolute atomic E-state index is 0.0547. The van der Waals surface area contributed by atoms with Gasteiger partial charge in [-0.15, -0.1) is 11.3 Å². The van der Waals surface area contributed by atoms with E-state index in [9.17, 15) is 14.4 Å². The predicted octanol–water partition coefficient (Wildman–Crippen LogP) is 4.85. The maximum Gasteiger partial charge on any atom is 0.335 e. The van der Waals surface area contributed by atoms with Gasteiger partial charge in [-0.2, -0.15) is 0 Å². The van der Waals surface area contributed by atoms with Gasteiger partial charge in [0.2, 0.25) is 5.91 Å². The van der Waals surface area contributed by atoms with E-state index in [1.54, 1.807) is 28.4 Å². The fourth-order valence-corrected chi connectivity index (χ4v) is 4.88. The van der Waals surface area contributed by atoms with E-state index in [1.807, 2.05) is 23.6 Å². The first-order chi connectivity index (χ1) is 14.4. The number of thiocarbonyl (C=S) groups is 1. The number of carbonyl (C=O) groups is 3. The molecule has 2 heterocycles. The number of hydrogen-bond donors (Lipinski definition) is 2. The lowest BCUT2D eigenvalue weighted by atomic mass is 10.1. The Balaban J connectivity index is 1.37. The van der Waals surface area contributed by atoms with Crippen molar-refractivity contribution < 1.29 is 19.5 Å². The van der Waals surface area contributed by atoms with Gasteiger partial charge in [0.25, 0.3) is 5.91 Å². The summed E-state index contributed by atoms with van der Waals surface area (Å²) < 4.78 is 0.574. The lowest BCUT2D eigenvalue weighted by Gasteiger charge is -2.14. The summed E-state index contributed by atoms with van der Waals surface area (Å²) in [5.74, 6) is -1.18. The Morgan fingerprint density at radius 1 is 1.13 bits per heavy atom. The van der Waals surface area contributed by atoms with E-state index in [4.69, 9.17) is 17.3 Å². The van der Waals surface area contributed by atoms with Crippen molar-refractivity contribution in [2.24, 2.45) is 0 Å². The van der Waals surface area contributed by atoms with Gasteiger partial charge in [0, 0.05) is 23.5 Å². The highest BCUT2D eigenvalue weighted by atomic mass is 32.2. The van der Waals surface area contributed by atoms with Crippen LogP contribution in [0.1, 0.15) is 40.9 Å². The summed E-state index contributed by atoms with van der Waals surface area (Å²) in [6, 6.07) is 9.95. The minimum Gasteiger partial charge on any atom is -0.478 e. The van der Waals surface area contributed by atoms with Gasteiger partial charge in [-0.05, 0) is 54.6 Å². The molecule has 2 amide bonds. The first kappa shape index (κ1) is 22.2. The molecule has 0 atom stereocenters. The van der Waals surface area contributed by atoms with Crippen molar-refractivity contribution in [2.45, 2.75) is 25.7 Å². The fraction of sp³-hybridized carbons (Fsp3) is 0.238. The van der Waals surface area contributed by atoms with Gasteiger partial charge in [0.15, 0.2) is 0 Å². The second kappa shape index (κ2) is 10.5. The second-order valence-electron chi connectivity index (χ2n) is 6.59. The zero-order valence-electron chi connectivity index (χ0n) is 16.0. The molecule has 1 aliphatic heterocycles. The van der Waals surface area contributed by atoms with E-state index >= 15 is 0 Å². The Hall–Kier alpha value is -2.49.